The van der Waals surface area contributed by atoms with Crippen LogP contribution in [0.4, 0.5) is 0 Å². The monoisotopic (exact) mass is 262 g/mol. The number of carbonyl (C=O) groups excluding carboxylic acids is 2. The van der Waals surface area contributed by atoms with Gasteiger partial charge in [-0.05, 0) is 30.9 Å². The van der Waals surface area contributed by atoms with Gasteiger partial charge in [0.1, 0.15) is 0 Å². The van der Waals surface area contributed by atoms with Crippen molar-refractivity contribution in [3.8, 4) is 0 Å². The van der Waals surface area contributed by atoms with Crippen molar-refractivity contribution in [2.45, 2.75) is 18.9 Å². The summed E-state index contributed by atoms with van der Waals surface area (Å²) in [6.07, 6.45) is 1.28. The molecule has 0 saturated heterocycles. The van der Waals surface area contributed by atoms with Gasteiger partial charge in [-0.15, -0.1) is 0 Å². The molecule has 0 unspecified atom stereocenters. The lowest BCUT2D eigenvalue weighted by Crippen LogP contribution is -2.42. The Morgan fingerprint density at radius 1 is 1.16 bits per heavy atom. The van der Waals surface area contributed by atoms with E-state index in [1.807, 2.05) is 6.07 Å². The van der Waals surface area contributed by atoms with Crippen LogP contribution in [0.1, 0.15) is 23.2 Å². The number of hydrogen-bond acceptors (Lipinski definition) is 3. The number of nitrogens with one attached hydrogen (secondary N) is 2. The van der Waals surface area contributed by atoms with Crippen LogP contribution in [0.2, 0.25) is 0 Å². The number of carbonyl (C=O) groups is 2. The van der Waals surface area contributed by atoms with Crippen LogP contribution in [0.3, 0.4) is 0 Å². The molecule has 0 aromatic heterocycles. The van der Waals surface area contributed by atoms with Gasteiger partial charge in [-0.1, -0.05) is 18.2 Å². The highest BCUT2D eigenvalue weighted by atomic mass is 16.3. The van der Waals surface area contributed by atoms with Crippen LogP contribution in [-0.4, -0.2) is 36.1 Å². The molecule has 19 heavy (non-hydrogen) atoms. The molecule has 1 aromatic carbocycles. The quantitative estimate of drug-likeness (QED) is 0.714. The Morgan fingerprint density at radius 2 is 1.84 bits per heavy atom. The van der Waals surface area contributed by atoms with Crippen molar-refractivity contribution in [1.29, 1.82) is 0 Å². The molecule has 1 saturated carbocycles. The normalized spacial score (nSPS) is 21.3. The summed E-state index contributed by atoms with van der Waals surface area (Å²) < 4.78 is 0. The van der Waals surface area contributed by atoms with E-state index in [0.717, 1.165) is 12.8 Å². The minimum absolute atomic E-state index is 0.0248. The van der Waals surface area contributed by atoms with E-state index in [4.69, 9.17) is 5.11 Å². The van der Waals surface area contributed by atoms with E-state index in [1.54, 1.807) is 24.3 Å². The fourth-order valence-electron chi connectivity index (χ4n) is 2.04. The third-order valence-electron chi connectivity index (χ3n) is 3.24. The van der Waals surface area contributed by atoms with E-state index in [2.05, 4.69) is 10.6 Å². The summed E-state index contributed by atoms with van der Waals surface area (Å²) in [5.41, 5.74) is 0.539. The Balaban J connectivity index is 1.65. The van der Waals surface area contributed by atoms with Crippen molar-refractivity contribution in [2.24, 2.45) is 5.92 Å². The molecule has 1 fully saturated rings. The van der Waals surface area contributed by atoms with E-state index in [-0.39, 0.29) is 24.5 Å². The minimum atomic E-state index is -0.255. The number of benzene rings is 1. The van der Waals surface area contributed by atoms with Gasteiger partial charge in [0.05, 0.1) is 12.6 Å². The fourth-order valence-corrected chi connectivity index (χ4v) is 2.04. The van der Waals surface area contributed by atoms with E-state index >= 15 is 0 Å². The van der Waals surface area contributed by atoms with Gasteiger partial charge in [-0.2, -0.15) is 0 Å². The predicted octanol–water partition coefficient (Wildman–Crippen LogP) is 0.303. The second-order valence-corrected chi connectivity index (χ2v) is 4.84. The van der Waals surface area contributed by atoms with Crippen LogP contribution < -0.4 is 10.6 Å². The second-order valence-electron chi connectivity index (χ2n) is 4.84. The molecule has 0 radical (unpaired) electrons. The lowest BCUT2D eigenvalue weighted by molar-refractivity contribution is -0.120. The molecule has 0 spiro atoms. The molecule has 0 atom stereocenters. The van der Waals surface area contributed by atoms with Crippen molar-refractivity contribution >= 4 is 11.8 Å². The molecule has 102 valence electrons. The first kappa shape index (κ1) is 13.5. The van der Waals surface area contributed by atoms with Crippen LogP contribution in [0.15, 0.2) is 30.3 Å². The van der Waals surface area contributed by atoms with E-state index < -0.39 is 0 Å². The zero-order valence-corrected chi connectivity index (χ0v) is 10.6. The molecule has 5 heteroatoms. The van der Waals surface area contributed by atoms with Crippen molar-refractivity contribution in [1.82, 2.24) is 10.6 Å². The summed E-state index contributed by atoms with van der Waals surface area (Å²) in [5, 5.41) is 14.4. The fraction of sp³-hybridized carbons (Fsp3) is 0.429. The topological polar surface area (TPSA) is 78.4 Å². The summed E-state index contributed by atoms with van der Waals surface area (Å²) >= 11 is 0. The number of rotatable bonds is 5. The van der Waals surface area contributed by atoms with Crippen molar-refractivity contribution in [2.75, 3.05) is 13.1 Å². The minimum Gasteiger partial charge on any atom is -0.393 e. The van der Waals surface area contributed by atoms with Crippen LogP contribution >= 0.6 is 0 Å². The first-order chi connectivity index (χ1) is 9.15. The Hall–Kier alpha value is -1.88. The first-order valence-electron chi connectivity index (χ1n) is 6.43. The van der Waals surface area contributed by atoms with Gasteiger partial charge in [-0.25, -0.2) is 0 Å². The Bertz CT molecular complexity index is 441. The van der Waals surface area contributed by atoms with E-state index in [0.29, 0.717) is 18.0 Å². The summed E-state index contributed by atoms with van der Waals surface area (Å²) in [5.74, 6) is -0.0933. The van der Waals surface area contributed by atoms with Gasteiger partial charge in [-0.3, -0.25) is 9.59 Å². The molecule has 1 aliphatic carbocycles. The lowest BCUT2D eigenvalue weighted by Gasteiger charge is -2.31. The molecule has 2 rings (SSSR count). The van der Waals surface area contributed by atoms with Crippen molar-refractivity contribution < 1.29 is 14.7 Å². The average Bonchev–Trinajstić information content (AvgIpc) is 2.40. The third kappa shape index (κ3) is 4.06. The smallest absolute Gasteiger partial charge is 0.251 e. The van der Waals surface area contributed by atoms with Crippen LogP contribution in [0.25, 0.3) is 0 Å². The zero-order valence-electron chi connectivity index (χ0n) is 10.6. The number of hydrogen-bond donors (Lipinski definition) is 3. The molecule has 1 aliphatic rings. The van der Waals surface area contributed by atoms with Crippen LogP contribution in [-0.2, 0) is 4.79 Å². The summed E-state index contributed by atoms with van der Waals surface area (Å²) in [6, 6.07) is 8.77. The molecule has 0 heterocycles. The Kier molecular flexibility index (Phi) is 4.52. The highest BCUT2D eigenvalue weighted by Crippen LogP contribution is 2.25. The van der Waals surface area contributed by atoms with E-state index in [1.165, 1.54) is 0 Å². The van der Waals surface area contributed by atoms with Gasteiger partial charge in [0, 0.05) is 12.1 Å². The number of aliphatic hydroxyl groups is 1. The molecule has 5 nitrogen and oxygen atoms in total. The van der Waals surface area contributed by atoms with Gasteiger partial charge in [0.25, 0.3) is 5.91 Å². The predicted molar refractivity (Wildman–Crippen MR) is 70.5 cm³/mol. The zero-order chi connectivity index (χ0) is 13.7. The molecule has 0 aliphatic heterocycles. The van der Waals surface area contributed by atoms with Crippen LogP contribution in [0, 0.1) is 5.92 Å². The lowest BCUT2D eigenvalue weighted by atomic mass is 9.82. The SMILES string of the molecule is O=C(CNC(=O)c1ccccc1)NCC1CC(O)C1. The Labute approximate surface area is 112 Å². The van der Waals surface area contributed by atoms with Gasteiger partial charge in [0.2, 0.25) is 5.91 Å². The van der Waals surface area contributed by atoms with Crippen molar-refractivity contribution in [3.05, 3.63) is 35.9 Å². The summed E-state index contributed by atoms with van der Waals surface area (Å²) in [4.78, 5) is 23.2. The summed E-state index contributed by atoms with van der Waals surface area (Å²) in [6.45, 7) is 0.542. The van der Waals surface area contributed by atoms with Gasteiger partial charge in [0.15, 0.2) is 0 Å². The average molecular weight is 262 g/mol. The van der Waals surface area contributed by atoms with Crippen molar-refractivity contribution in [3.63, 3.8) is 0 Å². The summed E-state index contributed by atoms with van der Waals surface area (Å²) in [7, 11) is 0. The highest BCUT2D eigenvalue weighted by molar-refractivity contribution is 5.96. The molecular formula is C14H18N2O3. The molecule has 2 amide bonds. The maximum Gasteiger partial charge on any atom is 0.251 e. The molecule has 1 aromatic rings. The van der Waals surface area contributed by atoms with Crippen LogP contribution in [0.5, 0.6) is 0 Å². The number of aliphatic hydroxyl groups excluding tert-OH is 1. The van der Waals surface area contributed by atoms with Gasteiger partial charge >= 0.3 is 0 Å². The maximum absolute atomic E-state index is 11.7. The van der Waals surface area contributed by atoms with Gasteiger partial charge < -0.3 is 15.7 Å². The molecule has 3 N–H and O–H groups in total. The first-order valence-corrected chi connectivity index (χ1v) is 6.43. The number of amides is 2. The molecule has 0 bridgehead atoms. The highest BCUT2D eigenvalue weighted by Gasteiger charge is 2.27. The third-order valence-corrected chi connectivity index (χ3v) is 3.24. The van der Waals surface area contributed by atoms with E-state index in [9.17, 15) is 9.59 Å². The molecular weight excluding hydrogens is 244 g/mol. The second kappa shape index (κ2) is 6.33. The largest absolute Gasteiger partial charge is 0.393 e. The Morgan fingerprint density at radius 3 is 2.47 bits per heavy atom. The standard InChI is InChI=1S/C14H18N2O3/c17-12-6-10(7-12)8-15-13(18)9-16-14(19)11-4-2-1-3-5-11/h1-5,10,12,17H,6-9H2,(H,15,18)(H,16,19). The maximum atomic E-state index is 11.7.